The molecule has 0 radical (unpaired) electrons. The third-order valence-electron chi connectivity index (χ3n) is 12.5. The van der Waals surface area contributed by atoms with Gasteiger partial charge in [0.25, 0.3) is 0 Å². The normalized spacial score (nSPS) is 11.5. The van der Waals surface area contributed by atoms with E-state index in [1.165, 1.54) is 12.1 Å². The van der Waals surface area contributed by atoms with E-state index in [0.717, 1.165) is 94.6 Å². The molecule has 12 rings (SSSR count). The molecule has 0 amide bonds. The summed E-state index contributed by atoms with van der Waals surface area (Å²) in [5, 5.41) is 14.2. The zero-order valence-corrected chi connectivity index (χ0v) is 35.2. The lowest BCUT2D eigenvalue weighted by Gasteiger charge is -2.17. The first-order chi connectivity index (χ1) is 32.5. The Kier molecular flexibility index (Phi) is 9.18. The van der Waals surface area contributed by atoms with Gasteiger partial charge in [0.1, 0.15) is 11.6 Å². The number of nitriles is 1. The molecule has 310 valence electrons. The van der Waals surface area contributed by atoms with Gasteiger partial charge in [-0.15, -0.1) is 0 Å². The van der Waals surface area contributed by atoms with Crippen LogP contribution in [0.1, 0.15) is 5.56 Å². The van der Waals surface area contributed by atoms with Crippen LogP contribution in [0.4, 0.5) is 8.78 Å². The second kappa shape index (κ2) is 15.7. The largest absolute Gasteiger partial charge is 0.309 e. The molecule has 3 aromatic heterocycles. The van der Waals surface area contributed by atoms with Crippen molar-refractivity contribution in [1.29, 1.82) is 5.26 Å². The summed E-state index contributed by atoms with van der Waals surface area (Å²) in [4.78, 5) is 10.5. The van der Waals surface area contributed by atoms with E-state index in [1.807, 2.05) is 72.8 Å². The van der Waals surface area contributed by atoms with E-state index in [4.69, 9.17) is 9.97 Å². The molecule has 3 heterocycles. The van der Waals surface area contributed by atoms with E-state index in [2.05, 4.69) is 124 Å². The fourth-order valence-electron chi connectivity index (χ4n) is 9.51. The van der Waals surface area contributed by atoms with Crippen molar-refractivity contribution < 1.29 is 8.78 Å². The monoisotopic (exact) mass is 851 g/mol. The van der Waals surface area contributed by atoms with E-state index in [1.54, 1.807) is 12.1 Å². The van der Waals surface area contributed by atoms with Crippen molar-refractivity contribution in [3.05, 3.63) is 230 Å². The van der Waals surface area contributed by atoms with Crippen molar-refractivity contribution in [2.75, 3.05) is 0 Å². The molecule has 0 atom stereocenters. The van der Waals surface area contributed by atoms with Crippen LogP contribution in [-0.2, 0) is 0 Å². The van der Waals surface area contributed by atoms with Gasteiger partial charge in [-0.25, -0.2) is 18.7 Å². The van der Waals surface area contributed by atoms with Gasteiger partial charge in [0.05, 0.1) is 56.5 Å². The zero-order chi connectivity index (χ0) is 44.3. The number of rotatable bonds is 7. The molecule has 0 bridgehead atoms. The summed E-state index contributed by atoms with van der Waals surface area (Å²) in [6, 6.07) is 71.6. The van der Waals surface area contributed by atoms with Gasteiger partial charge >= 0.3 is 0 Å². The number of para-hydroxylation sites is 3. The Balaban J connectivity index is 1.10. The van der Waals surface area contributed by atoms with E-state index in [-0.39, 0.29) is 0 Å². The van der Waals surface area contributed by atoms with E-state index in [9.17, 15) is 14.0 Å². The molecule has 7 heteroatoms. The summed E-state index contributed by atoms with van der Waals surface area (Å²) in [6.45, 7) is 0. The van der Waals surface area contributed by atoms with Crippen LogP contribution in [0, 0.1) is 23.0 Å². The zero-order valence-electron chi connectivity index (χ0n) is 35.2. The molecule has 0 aliphatic carbocycles. The average Bonchev–Trinajstić information content (AvgIpc) is 3.88. The number of aromatic nitrogens is 4. The molecule has 9 aromatic carbocycles. The maximum Gasteiger partial charge on any atom is 0.160 e. The molecular formula is C59H35F2N5. The molecule has 0 saturated carbocycles. The van der Waals surface area contributed by atoms with Crippen molar-refractivity contribution in [2.24, 2.45) is 0 Å². The van der Waals surface area contributed by atoms with Crippen LogP contribution in [0.2, 0.25) is 0 Å². The summed E-state index contributed by atoms with van der Waals surface area (Å²) in [5.74, 6) is -0.755. The first-order valence-corrected chi connectivity index (χ1v) is 21.7. The van der Waals surface area contributed by atoms with Crippen molar-refractivity contribution in [2.45, 2.75) is 0 Å². The SMILES string of the molecule is N#Cc1ccc(-n2c3ccccc3c3cc(-c4ccc(-n5c6ccccc6c6ccccc65)c(-c5cc(-c6ccccc6)nc(-c6ccccc6)n5)c4)ccc32)c(-c2cc(F)cc(F)c2)c1. The van der Waals surface area contributed by atoms with Crippen molar-refractivity contribution in [1.82, 2.24) is 19.1 Å². The molecule has 0 saturated heterocycles. The Morgan fingerprint density at radius 1 is 0.364 bits per heavy atom. The molecule has 0 aliphatic rings. The minimum Gasteiger partial charge on any atom is -0.309 e. The molecule has 66 heavy (non-hydrogen) atoms. The van der Waals surface area contributed by atoms with Crippen LogP contribution in [0.15, 0.2) is 212 Å². The van der Waals surface area contributed by atoms with E-state index >= 15 is 0 Å². The summed E-state index contributed by atoms with van der Waals surface area (Å²) in [7, 11) is 0. The predicted molar refractivity (Wildman–Crippen MR) is 263 cm³/mol. The molecule has 5 nitrogen and oxygen atoms in total. The second-order valence-corrected chi connectivity index (χ2v) is 16.4. The Bertz CT molecular complexity index is 3790. The van der Waals surface area contributed by atoms with Gasteiger partial charge in [0.2, 0.25) is 0 Å². The summed E-state index contributed by atoms with van der Waals surface area (Å²) >= 11 is 0. The van der Waals surface area contributed by atoms with E-state index in [0.29, 0.717) is 28.2 Å². The van der Waals surface area contributed by atoms with Gasteiger partial charge in [-0.1, -0.05) is 127 Å². The van der Waals surface area contributed by atoms with Crippen LogP contribution in [0.25, 0.3) is 111 Å². The Labute approximate surface area is 378 Å². The quantitative estimate of drug-likeness (QED) is 0.160. The number of hydrogen-bond donors (Lipinski definition) is 0. The molecular weight excluding hydrogens is 817 g/mol. The number of fused-ring (bicyclic) bond motifs is 6. The third kappa shape index (κ3) is 6.51. The highest BCUT2D eigenvalue weighted by molar-refractivity contribution is 6.12. The number of hydrogen-bond acceptors (Lipinski definition) is 3. The lowest BCUT2D eigenvalue weighted by molar-refractivity contribution is 0.584. The first kappa shape index (κ1) is 38.7. The van der Waals surface area contributed by atoms with Crippen LogP contribution < -0.4 is 0 Å². The third-order valence-corrected chi connectivity index (χ3v) is 12.5. The molecule has 0 fully saturated rings. The van der Waals surface area contributed by atoms with Gasteiger partial charge in [-0.2, -0.15) is 5.26 Å². The van der Waals surface area contributed by atoms with Gasteiger partial charge in [-0.3, -0.25) is 0 Å². The minimum atomic E-state index is -0.691. The Morgan fingerprint density at radius 2 is 0.864 bits per heavy atom. The average molecular weight is 852 g/mol. The first-order valence-electron chi connectivity index (χ1n) is 21.7. The number of benzene rings is 9. The van der Waals surface area contributed by atoms with E-state index < -0.39 is 11.6 Å². The highest BCUT2D eigenvalue weighted by atomic mass is 19.1. The smallest absolute Gasteiger partial charge is 0.160 e. The van der Waals surface area contributed by atoms with Crippen LogP contribution in [-0.4, -0.2) is 19.1 Å². The second-order valence-electron chi connectivity index (χ2n) is 16.4. The standard InChI is InChI=1S/C59H35F2N5/c60-43-30-42(31-44(61)34-43)48-29-37(36-62)23-26-56(48)66-55-22-12-9-19-47(55)49-32-40(24-27-57(49)66)41-25-28-58(65-53-20-10-7-17-45(53)46-18-8-11-21-54(46)65)50(33-41)52-35-51(38-13-3-1-4-14-38)63-59(64-52)39-15-5-2-6-16-39/h1-35H. The fraction of sp³-hybridized carbons (Fsp3) is 0. The molecule has 0 N–H and O–H groups in total. The Hall–Kier alpha value is -8.99. The van der Waals surface area contributed by atoms with Gasteiger partial charge < -0.3 is 9.13 Å². The maximum atomic E-state index is 14.7. The predicted octanol–water partition coefficient (Wildman–Crippen LogP) is 15.2. The maximum absolute atomic E-state index is 14.7. The van der Waals surface area contributed by atoms with Crippen LogP contribution >= 0.6 is 0 Å². The summed E-state index contributed by atoms with van der Waals surface area (Å²) in [5.41, 5.74) is 13.4. The van der Waals surface area contributed by atoms with Crippen LogP contribution in [0.5, 0.6) is 0 Å². The number of halogens is 2. The molecule has 0 aliphatic heterocycles. The highest BCUT2D eigenvalue weighted by Crippen LogP contribution is 2.42. The summed E-state index contributed by atoms with van der Waals surface area (Å²) < 4.78 is 33.9. The van der Waals surface area contributed by atoms with Crippen molar-refractivity contribution >= 4 is 43.6 Å². The number of nitrogens with zero attached hydrogens (tertiary/aromatic N) is 5. The van der Waals surface area contributed by atoms with Gasteiger partial charge in [0, 0.05) is 49.9 Å². The molecule has 0 spiro atoms. The van der Waals surface area contributed by atoms with Crippen molar-refractivity contribution in [3.63, 3.8) is 0 Å². The molecule has 0 unspecified atom stereocenters. The van der Waals surface area contributed by atoms with Gasteiger partial charge in [-0.05, 0) is 95.6 Å². The van der Waals surface area contributed by atoms with Gasteiger partial charge in [0.15, 0.2) is 5.82 Å². The lowest BCUT2D eigenvalue weighted by atomic mass is 9.97. The van der Waals surface area contributed by atoms with Crippen molar-refractivity contribution in [3.8, 4) is 73.6 Å². The van der Waals surface area contributed by atoms with Crippen LogP contribution in [0.3, 0.4) is 0 Å². The highest BCUT2D eigenvalue weighted by Gasteiger charge is 2.21. The Morgan fingerprint density at radius 3 is 1.50 bits per heavy atom. The summed E-state index contributed by atoms with van der Waals surface area (Å²) in [6.07, 6.45) is 0. The lowest BCUT2D eigenvalue weighted by Crippen LogP contribution is -2.01. The minimum absolute atomic E-state index is 0.341. The topological polar surface area (TPSA) is 59.4 Å². The fourth-order valence-corrected chi connectivity index (χ4v) is 9.51. The molecule has 12 aromatic rings.